The highest BCUT2D eigenvalue weighted by Crippen LogP contribution is 2.18. The minimum absolute atomic E-state index is 0.0686. The highest BCUT2D eigenvalue weighted by Gasteiger charge is 2.27. The Bertz CT molecular complexity index is 197. The Labute approximate surface area is 83.0 Å². The van der Waals surface area contributed by atoms with Crippen LogP contribution >= 0.6 is 0 Å². The Morgan fingerprint density at radius 3 is 2.14 bits per heavy atom. The molecule has 14 heavy (non-hydrogen) atoms. The first-order valence-electron chi connectivity index (χ1n) is 4.59. The number of hydrogen-bond donors (Lipinski definition) is 0. The first kappa shape index (κ1) is 10.8. The van der Waals surface area contributed by atoms with E-state index < -0.39 is 0 Å². The van der Waals surface area contributed by atoms with Gasteiger partial charge in [-0.15, -0.1) is 0 Å². The predicted octanol–water partition coefficient (Wildman–Crippen LogP) is 0.638. The molecule has 1 heterocycles. The van der Waals surface area contributed by atoms with Crippen LogP contribution in [-0.2, 0) is 14.3 Å². The fourth-order valence-electron chi connectivity index (χ4n) is 1.59. The summed E-state index contributed by atoms with van der Waals surface area (Å²) in [5, 5.41) is 0. The Morgan fingerprint density at radius 2 is 1.71 bits per heavy atom. The van der Waals surface area contributed by atoms with Crippen molar-refractivity contribution < 1.29 is 19.1 Å². The molecule has 0 atom stereocenters. The maximum Gasteiger partial charge on any atom is 0.409 e. The van der Waals surface area contributed by atoms with Gasteiger partial charge >= 0.3 is 12.1 Å². The maximum atomic E-state index is 11.2. The molecule has 1 fully saturated rings. The molecular weight excluding hydrogens is 186 g/mol. The molecule has 0 unspecified atom stereocenters. The fourth-order valence-corrected chi connectivity index (χ4v) is 1.59. The fraction of sp³-hybridized carbons (Fsp3) is 0.778. The Hall–Kier alpha value is -1.26. The number of piperidine rings is 1. The number of methoxy groups -OCH3 is 2. The molecule has 0 saturated carbocycles. The number of hydrogen-bond acceptors (Lipinski definition) is 4. The molecule has 0 aliphatic carbocycles. The first-order valence-corrected chi connectivity index (χ1v) is 4.59. The number of amides is 1. The molecule has 1 aliphatic rings. The second-order valence-corrected chi connectivity index (χ2v) is 3.25. The third-order valence-electron chi connectivity index (χ3n) is 2.46. The van der Waals surface area contributed by atoms with Gasteiger partial charge in [0, 0.05) is 13.1 Å². The van der Waals surface area contributed by atoms with Crippen LogP contribution in [0.1, 0.15) is 12.8 Å². The smallest absolute Gasteiger partial charge is 0.409 e. The van der Waals surface area contributed by atoms with Crippen molar-refractivity contribution in [3.05, 3.63) is 0 Å². The van der Waals surface area contributed by atoms with Crippen molar-refractivity contribution in [2.45, 2.75) is 12.8 Å². The zero-order valence-corrected chi connectivity index (χ0v) is 8.49. The standard InChI is InChI=1S/C9H15NO4/c1-13-8(11)7-3-5-10(6-4-7)9(12)14-2/h7H,3-6H2,1-2H3. The lowest BCUT2D eigenvalue weighted by Gasteiger charge is -2.29. The summed E-state index contributed by atoms with van der Waals surface area (Å²) in [7, 11) is 2.74. The molecule has 80 valence electrons. The molecule has 0 bridgehead atoms. The van der Waals surface area contributed by atoms with E-state index in [9.17, 15) is 9.59 Å². The molecule has 0 spiro atoms. The van der Waals surface area contributed by atoms with Crippen molar-refractivity contribution in [1.29, 1.82) is 0 Å². The average Bonchev–Trinajstić information content (AvgIpc) is 2.27. The minimum atomic E-state index is -0.326. The second kappa shape index (κ2) is 4.83. The van der Waals surface area contributed by atoms with E-state index >= 15 is 0 Å². The second-order valence-electron chi connectivity index (χ2n) is 3.25. The highest BCUT2D eigenvalue weighted by molar-refractivity contribution is 5.73. The van der Waals surface area contributed by atoms with E-state index in [1.54, 1.807) is 4.90 Å². The number of carbonyl (C=O) groups is 2. The molecule has 5 nitrogen and oxygen atoms in total. The minimum Gasteiger partial charge on any atom is -0.469 e. The van der Waals surface area contributed by atoms with E-state index in [0.717, 1.165) is 0 Å². The molecule has 5 heteroatoms. The van der Waals surface area contributed by atoms with E-state index in [1.807, 2.05) is 0 Å². The van der Waals surface area contributed by atoms with Crippen LogP contribution in [0, 0.1) is 5.92 Å². The zero-order chi connectivity index (χ0) is 10.6. The summed E-state index contributed by atoms with van der Waals surface area (Å²) in [6, 6.07) is 0. The van der Waals surface area contributed by atoms with Gasteiger partial charge in [0.25, 0.3) is 0 Å². The van der Waals surface area contributed by atoms with Crippen LogP contribution < -0.4 is 0 Å². The number of ether oxygens (including phenoxy) is 2. The number of carbonyl (C=O) groups excluding carboxylic acids is 2. The third-order valence-corrected chi connectivity index (χ3v) is 2.46. The molecule has 0 aromatic heterocycles. The van der Waals surface area contributed by atoms with Crippen molar-refractivity contribution >= 4 is 12.1 Å². The molecule has 0 aromatic carbocycles. The SMILES string of the molecule is COC(=O)C1CCN(C(=O)OC)CC1. The normalized spacial score (nSPS) is 17.7. The topological polar surface area (TPSA) is 55.8 Å². The molecule has 0 N–H and O–H groups in total. The third kappa shape index (κ3) is 2.37. The van der Waals surface area contributed by atoms with Gasteiger partial charge in [-0.3, -0.25) is 4.79 Å². The quantitative estimate of drug-likeness (QED) is 0.584. The summed E-state index contributed by atoms with van der Waals surface area (Å²) in [6.07, 6.45) is 0.983. The highest BCUT2D eigenvalue weighted by atomic mass is 16.5. The van der Waals surface area contributed by atoms with Crippen molar-refractivity contribution in [2.75, 3.05) is 27.3 Å². The summed E-state index contributed by atoms with van der Waals surface area (Å²) >= 11 is 0. The van der Waals surface area contributed by atoms with E-state index in [1.165, 1.54) is 14.2 Å². The summed E-state index contributed by atoms with van der Waals surface area (Å²) in [6.45, 7) is 1.12. The lowest BCUT2D eigenvalue weighted by Crippen LogP contribution is -2.40. The van der Waals surface area contributed by atoms with Gasteiger partial charge in [-0.25, -0.2) is 4.79 Å². The van der Waals surface area contributed by atoms with E-state index in [0.29, 0.717) is 25.9 Å². The molecular formula is C9H15NO4. The number of likely N-dealkylation sites (tertiary alicyclic amines) is 1. The van der Waals surface area contributed by atoms with Crippen LogP contribution in [0.2, 0.25) is 0 Å². The van der Waals surface area contributed by atoms with Crippen LogP contribution in [0.15, 0.2) is 0 Å². The van der Waals surface area contributed by atoms with Gasteiger partial charge in [-0.05, 0) is 12.8 Å². The summed E-state index contributed by atoms with van der Waals surface area (Å²) in [5.74, 6) is -0.254. The monoisotopic (exact) mass is 201 g/mol. The number of esters is 1. The molecule has 0 radical (unpaired) electrons. The summed E-state index contributed by atoms with van der Waals surface area (Å²) in [5.41, 5.74) is 0. The van der Waals surface area contributed by atoms with Crippen LogP contribution in [0.3, 0.4) is 0 Å². The molecule has 0 aromatic rings. The van der Waals surface area contributed by atoms with Gasteiger partial charge in [0.2, 0.25) is 0 Å². The number of nitrogens with zero attached hydrogens (tertiary/aromatic N) is 1. The Kier molecular flexibility index (Phi) is 3.73. The Balaban J connectivity index is 2.38. The number of rotatable bonds is 1. The summed E-state index contributed by atoms with van der Waals surface area (Å²) < 4.78 is 9.22. The van der Waals surface area contributed by atoms with Crippen LogP contribution in [0.5, 0.6) is 0 Å². The van der Waals surface area contributed by atoms with Crippen molar-refractivity contribution in [2.24, 2.45) is 5.92 Å². The first-order chi connectivity index (χ1) is 6.69. The van der Waals surface area contributed by atoms with Gasteiger partial charge in [-0.1, -0.05) is 0 Å². The lowest BCUT2D eigenvalue weighted by atomic mass is 9.97. The van der Waals surface area contributed by atoms with Crippen LogP contribution in [-0.4, -0.2) is 44.3 Å². The van der Waals surface area contributed by atoms with E-state index in [4.69, 9.17) is 0 Å². The molecule has 1 rings (SSSR count). The lowest BCUT2D eigenvalue weighted by molar-refractivity contribution is -0.146. The zero-order valence-electron chi connectivity index (χ0n) is 8.49. The van der Waals surface area contributed by atoms with Crippen molar-refractivity contribution in [1.82, 2.24) is 4.90 Å². The van der Waals surface area contributed by atoms with E-state index in [2.05, 4.69) is 9.47 Å². The molecule has 1 aliphatic heterocycles. The van der Waals surface area contributed by atoms with Gasteiger partial charge in [0.1, 0.15) is 0 Å². The maximum absolute atomic E-state index is 11.2. The van der Waals surface area contributed by atoms with Crippen LogP contribution in [0.25, 0.3) is 0 Å². The van der Waals surface area contributed by atoms with Crippen LogP contribution in [0.4, 0.5) is 4.79 Å². The van der Waals surface area contributed by atoms with Crippen molar-refractivity contribution in [3.8, 4) is 0 Å². The molecule has 1 saturated heterocycles. The van der Waals surface area contributed by atoms with E-state index in [-0.39, 0.29) is 18.0 Å². The van der Waals surface area contributed by atoms with Gasteiger partial charge in [0.15, 0.2) is 0 Å². The molecule has 1 amide bonds. The summed E-state index contributed by atoms with van der Waals surface area (Å²) in [4.78, 5) is 23.9. The van der Waals surface area contributed by atoms with Gasteiger partial charge in [-0.2, -0.15) is 0 Å². The Morgan fingerprint density at radius 1 is 1.14 bits per heavy atom. The average molecular weight is 201 g/mol. The van der Waals surface area contributed by atoms with Gasteiger partial charge in [0.05, 0.1) is 20.1 Å². The van der Waals surface area contributed by atoms with Crippen molar-refractivity contribution in [3.63, 3.8) is 0 Å². The predicted molar refractivity (Wildman–Crippen MR) is 48.7 cm³/mol. The van der Waals surface area contributed by atoms with Gasteiger partial charge < -0.3 is 14.4 Å². The largest absolute Gasteiger partial charge is 0.469 e.